The number of carbonyl (C=O) groups is 1. The highest BCUT2D eigenvalue weighted by atomic mass is 16.5. The van der Waals surface area contributed by atoms with Crippen molar-refractivity contribution < 1.29 is 19.1 Å². The maximum absolute atomic E-state index is 11.2. The number of hydrogen-bond acceptors (Lipinski definition) is 4. The van der Waals surface area contributed by atoms with E-state index in [0.717, 1.165) is 19.3 Å². The smallest absolute Gasteiger partial charge is 0.330 e. The van der Waals surface area contributed by atoms with Crippen molar-refractivity contribution in [3.8, 4) is 0 Å². The van der Waals surface area contributed by atoms with Crippen LogP contribution in [0.15, 0.2) is 35.0 Å². The molecule has 1 unspecified atom stereocenters. The van der Waals surface area contributed by atoms with Crippen LogP contribution in [0.25, 0.3) is 0 Å². The van der Waals surface area contributed by atoms with E-state index in [1.807, 2.05) is 19.9 Å². The third-order valence-corrected chi connectivity index (χ3v) is 2.58. The SMILES string of the molecule is CC(C)OC(=O)/C=C/CCCCC(O)c1ccco1. The van der Waals surface area contributed by atoms with E-state index in [2.05, 4.69) is 0 Å². The van der Waals surface area contributed by atoms with Crippen LogP contribution in [0.3, 0.4) is 0 Å². The molecule has 0 saturated heterocycles. The molecule has 0 aromatic carbocycles. The number of unbranched alkanes of at least 4 members (excludes halogenated alkanes) is 2. The van der Waals surface area contributed by atoms with Gasteiger partial charge in [-0.25, -0.2) is 4.79 Å². The number of esters is 1. The lowest BCUT2D eigenvalue weighted by molar-refractivity contribution is -0.141. The van der Waals surface area contributed by atoms with Crippen LogP contribution < -0.4 is 0 Å². The van der Waals surface area contributed by atoms with Crippen molar-refractivity contribution in [3.05, 3.63) is 36.3 Å². The van der Waals surface area contributed by atoms with Gasteiger partial charge in [0.15, 0.2) is 0 Å². The van der Waals surface area contributed by atoms with Gasteiger partial charge in [0.05, 0.1) is 12.4 Å². The second-order valence-electron chi connectivity index (χ2n) is 4.70. The summed E-state index contributed by atoms with van der Waals surface area (Å²) >= 11 is 0. The van der Waals surface area contributed by atoms with Crippen LogP contribution in [0.1, 0.15) is 51.4 Å². The number of rotatable bonds is 8. The van der Waals surface area contributed by atoms with Gasteiger partial charge in [-0.15, -0.1) is 0 Å². The summed E-state index contributed by atoms with van der Waals surface area (Å²) in [4.78, 5) is 11.2. The molecule has 0 aliphatic carbocycles. The number of ether oxygens (including phenoxy) is 1. The topological polar surface area (TPSA) is 59.7 Å². The Morgan fingerprint density at radius 3 is 2.89 bits per heavy atom. The fraction of sp³-hybridized carbons (Fsp3) is 0.533. The summed E-state index contributed by atoms with van der Waals surface area (Å²) in [6, 6.07) is 3.54. The molecule has 1 aromatic heterocycles. The predicted octanol–water partition coefficient (Wildman–Crippen LogP) is 3.38. The number of hydrogen-bond donors (Lipinski definition) is 1. The molecule has 4 nitrogen and oxygen atoms in total. The molecule has 0 saturated carbocycles. The van der Waals surface area contributed by atoms with Crippen molar-refractivity contribution in [2.45, 2.75) is 51.7 Å². The molecule has 0 spiro atoms. The van der Waals surface area contributed by atoms with Crippen LogP contribution in [0.4, 0.5) is 0 Å². The molecule has 0 amide bonds. The van der Waals surface area contributed by atoms with E-state index in [1.165, 1.54) is 6.08 Å². The van der Waals surface area contributed by atoms with Crippen molar-refractivity contribution in [2.24, 2.45) is 0 Å². The van der Waals surface area contributed by atoms with Crippen LogP contribution in [0.5, 0.6) is 0 Å². The van der Waals surface area contributed by atoms with Gasteiger partial charge < -0.3 is 14.3 Å². The zero-order chi connectivity index (χ0) is 14.1. The van der Waals surface area contributed by atoms with Crippen LogP contribution in [0, 0.1) is 0 Å². The van der Waals surface area contributed by atoms with Crippen LogP contribution in [-0.2, 0) is 9.53 Å². The second kappa shape index (κ2) is 8.53. The maximum atomic E-state index is 11.2. The summed E-state index contributed by atoms with van der Waals surface area (Å²) in [6.07, 6.45) is 7.48. The first-order valence-electron chi connectivity index (χ1n) is 6.68. The molecule has 1 atom stereocenters. The Labute approximate surface area is 114 Å². The molecule has 0 radical (unpaired) electrons. The third-order valence-electron chi connectivity index (χ3n) is 2.58. The minimum atomic E-state index is -0.537. The Morgan fingerprint density at radius 1 is 1.47 bits per heavy atom. The molecular weight excluding hydrogens is 244 g/mol. The summed E-state index contributed by atoms with van der Waals surface area (Å²) in [7, 11) is 0. The van der Waals surface area contributed by atoms with E-state index in [4.69, 9.17) is 9.15 Å². The summed E-state index contributed by atoms with van der Waals surface area (Å²) < 4.78 is 10.1. The largest absolute Gasteiger partial charge is 0.467 e. The van der Waals surface area contributed by atoms with Crippen LogP contribution in [-0.4, -0.2) is 17.2 Å². The molecule has 0 bridgehead atoms. The molecule has 106 valence electrons. The molecule has 0 aliphatic heterocycles. The average Bonchev–Trinajstić information content (AvgIpc) is 2.86. The van der Waals surface area contributed by atoms with Crippen molar-refractivity contribution in [2.75, 3.05) is 0 Å². The van der Waals surface area contributed by atoms with Gasteiger partial charge >= 0.3 is 5.97 Å². The lowest BCUT2D eigenvalue weighted by atomic mass is 10.1. The molecular formula is C15H22O4. The Kier molecular flexibility index (Phi) is 6.97. The van der Waals surface area contributed by atoms with E-state index in [1.54, 1.807) is 18.4 Å². The van der Waals surface area contributed by atoms with E-state index in [-0.39, 0.29) is 12.1 Å². The van der Waals surface area contributed by atoms with Crippen molar-refractivity contribution in [1.29, 1.82) is 0 Å². The molecule has 0 aliphatic rings. The number of aliphatic hydroxyl groups excluding tert-OH is 1. The Bertz CT molecular complexity index is 379. The monoisotopic (exact) mass is 266 g/mol. The molecule has 4 heteroatoms. The highest BCUT2D eigenvalue weighted by Gasteiger charge is 2.08. The maximum Gasteiger partial charge on any atom is 0.330 e. The fourth-order valence-corrected chi connectivity index (χ4v) is 1.67. The molecule has 1 aromatic rings. The first-order chi connectivity index (χ1) is 9.09. The molecule has 19 heavy (non-hydrogen) atoms. The fourth-order valence-electron chi connectivity index (χ4n) is 1.67. The van der Waals surface area contributed by atoms with Crippen LogP contribution >= 0.6 is 0 Å². The van der Waals surface area contributed by atoms with Gasteiger partial charge in [0.1, 0.15) is 11.9 Å². The van der Waals surface area contributed by atoms with E-state index in [9.17, 15) is 9.90 Å². The normalized spacial score (nSPS) is 13.1. The van der Waals surface area contributed by atoms with Gasteiger partial charge in [0.2, 0.25) is 0 Å². The first-order valence-corrected chi connectivity index (χ1v) is 6.68. The highest BCUT2D eigenvalue weighted by molar-refractivity contribution is 5.81. The number of allylic oxidation sites excluding steroid dienone is 1. The zero-order valence-corrected chi connectivity index (χ0v) is 11.5. The Hall–Kier alpha value is -1.55. The van der Waals surface area contributed by atoms with E-state index in [0.29, 0.717) is 12.2 Å². The first kappa shape index (κ1) is 15.5. The summed E-state index contributed by atoms with van der Waals surface area (Å²) in [5.74, 6) is 0.307. The van der Waals surface area contributed by atoms with Gasteiger partial charge in [-0.2, -0.15) is 0 Å². The van der Waals surface area contributed by atoms with Gasteiger partial charge in [-0.1, -0.05) is 12.5 Å². The van der Waals surface area contributed by atoms with Crippen LogP contribution in [0.2, 0.25) is 0 Å². The molecule has 1 N–H and O–H groups in total. The van der Waals surface area contributed by atoms with E-state index >= 15 is 0 Å². The van der Waals surface area contributed by atoms with Gasteiger partial charge in [-0.3, -0.25) is 0 Å². The minimum absolute atomic E-state index is 0.0828. The quantitative estimate of drug-likeness (QED) is 0.445. The summed E-state index contributed by atoms with van der Waals surface area (Å²) in [5, 5.41) is 9.77. The Morgan fingerprint density at radius 2 is 2.26 bits per heavy atom. The molecule has 1 heterocycles. The lowest BCUT2D eigenvalue weighted by Gasteiger charge is -2.06. The molecule has 0 fully saturated rings. The predicted molar refractivity (Wildman–Crippen MR) is 72.5 cm³/mol. The highest BCUT2D eigenvalue weighted by Crippen LogP contribution is 2.19. The third kappa shape index (κ3) is 6.82. The van der Waals surface area contributed by atoms with Crippen molar-refractivity contribution in [1.82, 2.24) is 0 Å². The van der Waals surface area contributed by atoms with Crippen molar-refractivity contribution >= 4 is 5.97 Å². The molecule has 1 rings (SSSR count). The summed E-state index contributed by atoms with van der Waals surface area (Å²) in [6.45, 7) is 3.64. The standard InChI is InChI=1S/C15H22O4/c1-12(2)19-15(17)10-6-4-3-5-8-13(16)14-9-7-11-18-14/h6-7,9-13,16H,3-5,8H2,1-2H3/b10-6+. The number of carbonyl (C=O) groups excluding carboxylic acids is 1. The average molecular weight is 266 g/mol. The zero-order valence-electron chi connectivity index (χ0n) is 11.5. The number of furan rings is 1. The van der Waals surface area contributed by atoms with Gasteiger partial charge in [-0.05, 0) is 45.2 Å². The van der Waals surface area contributed by atoms with Crippen molar-refractivity contribution in [3.63, 3.8) is 0 Å². The Balaban J connectivity index is 2.08. The minimum Gasteiger partial charge on any atom is -0.467 e. The number of aliphatic hydroxyl groups is 1. The van der Waals surface area contributed by atoms with E-state index < -0.39 is 6.10 Å². The van der Waals surface area contributed by atoms with Gasteiger partial charge in [0, 0.05) is 6.08 Å². The second-order valence-corrected chi connectivity index (χ2v) is 4.70. The van der Waals surface area contributed by atoms with Gasteiger partial charge in [0.25, 0.3) is 0 Å². The summed E-state index contributed by atoms with van der Waals surface area (Å²) in [5.41, 5.74) is 0. The lowest BCUT2D eigenvalue weighted by Crippen LogP contribution is -2.08.